The lowest BCUT2D eigenvalue weighted by molar-refractivity contribution is 0.221. The molecule has 0 fully saturated rings. The molecule has 20 heavy (non-hydrogen) atoms. The van der Waals surface area contributed by atoms with Gasteiger partial charge in [0.05, 0.1) is 0 Å². The number of aryl methyl sites for hydroxylation is 1. The van der Waals surface area contributed by atoms with Crippen molar-refractivity contribution in [2.45, 2.75) is 73.4 Å². The molecule has 116 valence electrons. The number of hydrogen-bond acceptors (Lipinski definition) is 3. The van der Waals surface area contributed by atoms with Crippen LogP contribution in [-0.4, -0.2) is 27.4 Å². The molecule has 1 N–H and O–H groups in total. The molecule has 1 aromatic heterocycles. The molecule has 1 heterocycles. The predicted octanol–water partition coefficient (Wildman–Crippen LogP) is 3.28. The molecule has 0 radical (unpaired) electrons. The zero-order valence-electron chi connectivity index (χ0n) is 14.1. The maximum Gasteiger partial charge on any atom is 0.138 e. The Hall–Kier alpha value is -0.900. The van der Waals surface area contributed by atoms with Crippen molar-refractivity contribution < 1.29 is 0 Å². The molecule has 0 aromatic carbocycles. The summed E-state index contributed by atoms with van der Waals surface area (Å²) in [5.41, 5.74) is 0.352. The Labute approximate surface area is 124 Å². The summed E-state index contributed by atoms with van der Waals surface area (Å²) in [5, 5.41) is 7.94. The van der Waals surface area contributed by atoms with Crippen LogP contribution in [0.3, 0.4) is 0 Å². The molecule has 0 bridgehead atoms. The van der Waals surface area contributed by atoms with Gasteiger partial charge in [-0.15, -0.1) is 0 Å². The minimum Gasteiger partial charge on any atom is -0.314 e. The molecule has 1 aromatic rings. The van der Waals surface area contributed by atoms with Gasteiger partial charge < -0.3 is 5.32 Å². The van der Waals surface area contributed by atoms with Crippen LogP contribution in [-0.2, 0) is 13.0 Å². The Morgan fingerprint density at radius 3 is 2.55 bits per heavy atom. The summed E-state index contributed by atoms with van der Waals surface area (Å²) in [6.07, 6.45) is 4.92. The molecule has 0 saturated carbocycles. The molecular formula is C16H32N4. The highest BCUT2D eigenvalue weighted by Crippen LogP contribution is 2.29. The van der Waals surface area contributed by atoms with Crippen molar-refractivity contribution in [2.24, 2.45) is 11.3 Å². The summed E-state index contributed by atoms with van der Waals surface area (Å²) in [4.78, 5) is 4.44. The van der Waals surface area contributed by atoms with Crippen molar-refractivity contribution in [3.05, 3.63) is 12.2 Å². The van der Waals surface area contributed by atoms with Crippen LogP contribution in [0.15, 0.2) is 6.33 Å². The van der Waals surface area contributed by atoms with Gasteiger partial charge >= 0.3 is 0 Å². The normalized spacial score (nSPS) is 15.3. The predicted molar refractivity (Wildman–Crippen MR) is 84.7 cm³/mol. The van der Waals surface area contributed by atoms with Crippen LogP contribution in [0.2, 0.25) is 0 Å². The first-order valence-electron chi connectivity index (χ1n) is 7.98. The van der Waals surface area contributed by atoms with Crippen molar-refractivity contribution in [2.75, 3.05) is 6.54 Å². The number of rotatable bonds is 8. The lowest BCUT2D eigenvalue weighted by Gasteiger charge is -2.31. The Morgan fingerprint density at radius 1 is 1.30 bits per heavy atom. The van der Waals surface area contributed by atoms with E-state index >= 15 is 0 Å². The highest BCUT2D eigenvalue weighted by Gasteiger charge is 2.24. The monoisotopic (exact) mass is 280 g/mol. The van der Waals surface area contributed by atoms with E-state index in [0.717, 1.165) is 31.8 Å². The second-order valence-electron chi connectivity index (χ2n) is 6.86. The first-order valence-corrected chi connectivity index (χ1v) is 7.98. The van der Waals surface area contributed by atoms with E-state index in [0.29, 0.717) is 17.4 Å². The van der Waals surface area contributed by atoms with Gasteiger partial charge in [0.2, 0.25) is 0 Å². The number of nitrogens with one attached hydrogen (secondary N) is 1. The van der Waals surface area contributed by atoms with Crippen LogP contribution in [0, 0.1) is 11.3 Å². The first kappa shape index (κ1) is 17.2. The Kier molecular flexibility index (Phi) is 6.66. The van der Waals surface area contributed by atoms with Gasteiger partial charge in [-0.2, -0.15) is 5.10 Å². The third-order valence-electron chi connectivity index (χ3n) is 4.17. The van der Waals surface area contributed by atoms with E-state index in [1.165, 1.54) is 6.42 Å². The summed E-state index contributed by atoms with van der Waals surface area (Å²) >= 11 is 0. The molecule has 0 amide bonds. The molecular weight excluding hydrogens is 248 g/mol. The van der Waals surface area contributed by atoms with Crippen LogP contribution in [0.5, 0.6) is 0 Å². The zero-order chi connectivity index (χ0) is 15.2. The SMILES string of the molecule is CCCn1ncnc1CC(CC(C)C(C)(C)C)NCC. The summed E-state index contributed by atoms with van der Waals surface area (Å²) in [6.45, 7) is 15.6. The Balaban J connectivity index is 2.69. The molecule has 4 nitrogen and oxygen atoms in total. The lowest BCUT2D eigenvalue weighted by Crippen LogP contribution is -2.36. The largest absolute Gasteiger partial charge is 0.314 e. The highest BCUT2D eigenvalue weighted by atomic mass is 15.3. The van der Waals surface area contributed by atoms with Crippen molar-refractivity contribution in [3.63, 3.8) is 0 Å². The third-order valence-corrected chi connectivity index (χ3v) is 4.17. The van der Waals surface area contributed by atoms with Gasteiger partial charge in [0.15, 0.2) is 0 Å². The van der Waals surface area contributed by atoms with Crippen molar-refractivity contribution in [1.82, 2.24) is 20.1 Å². The van der Waals surface area contributed by atoms with E-state index in [-0.39, 0.29) is 0 Å². The van der Waals surface area contributed by atoms with Crippen molar-refractivity contribution >= 4 is 0 Å². The van der Waals surface area contributed by atoms with Gasteiger partial charge in [0, 0.05) is 19.0 Å². The fraction of sp³-hybridized carbons (Fsp3) is 0.875. The number of aromatic nitrogens is 3. The molecule has 0 aliphatic rings. The van der Waals surface area contributed by atoms with E-state index in [1.54, 1.807) is 6.33 Å². The van der Waals surface area contributed by atoms with Gasteiger partial charge in [-0.3, -0.25) is 4.68 Å². The molecule has 0 aliphatic carbocycles. The maximum absolute atomic E-state index is 4.44. The zero-order valence-corrected chi connectivity index (χ0v) is 14.1. The number of hydrogen-bond donors (Lipinski definition) is 1. The average Bonchev–Trinajstić information content (AvgIpc) is 2.76. The second-order valence-corrected chi connectivity index (χ2v) is 6.86. The van der Waals surface area contributed by atoms with Crippen molar-refractivity contribution in [3.8, 4) is 0 Å². The van der Waals surface area contributed by atoms with Gasteiger partial charge in [-0.05, 0) is 30.7 Å². The lowest BCUT2D eigenvalue weighted by atomic mass is 9.78. The third kappa shape index (κ3) is 5.23. The summed E-state index contributed by atoms with van der Waals surface area (Å²) in [6, 6.07) is 0.481. The molecule has 0 aliphatic heterocycles. The van der Waals surface area contributed by atoms with Gasteiger partial charge in [-0.1, -0.05) is 41.5 Å². The number of likely N-dealkylation sites (N-methyl/N-ethyl adjacent to an activating group) is 1. The first-order chi connectivity index (χ1) is 9.38. The second kappa shape index (κ2) is 7.77. The van der Waals surface area contributed by atoms with Crippen LogP contribution >= 0.6 is 0 Å². The summed E-state index contributed by atoms with van der Waals surface area (Å²) in [5.74, 6) is 1.79. The fourth-order valence-corrected chi connectivity index (χ4v) is 2.37. The van der Waals surface area contributed by atoms with E-state index in [1.807, 2.05) is 4.68 Å². The quantitative estimate of drug-likeness (QED) is 0.794. The van der Waals surface area contributed by atoms with E-state index in [4.69, 9.17) is 0 Å². The number of nitrogens with zero attached hydrogens (tertiary/aromatic N) is 3. The van der Waals surface area contributed by atoms with Gasteiger partial charge in [0.1, 0.15) is 12.2 Å². The van der Waals surface area contributed by atoms with Crippen molar-refractivity contribution in [1.29, 1.82) is 0 Å². The molecule has 2 atom stereocenters. The van der Waals surface area contributed by atoms with Gasteiger partial charge in [0.25, 0.3) is 0 Å². The average molecular weight is 280 g/mol. The Bertz CT molecular complexity index is 378. The van der Waals surface area contributed by atoms with Crippen LogP contribution in [0.25, 0.3) is 0 Å². The maximum atomic E-state index is 4.44. The molecule has 0 spiro atoms. The molecule has 0 saturated heterocycles. The minimum atomic E-state index is 0.352. The Morgan fingerprint density at radius 2 is 2.00 bits per heavy atom. The summed E-state index contributed by atoms with van der Waals surface area (Å²) < 4.78 is 2.05. The minimum absolute atomic E-state index is 0.352. The van der Waals surface area contributed by atoms with E-state index < -0.39 is 0 Å². The molecule has 4 heteroatoms. The van der Waals surface area contributed by atoms with E-state index in [9.17, 15) is 0 Å². The van der Waals surface area contributed by atoms with Crippen LogP contribution < -0.4 is 5.32 Å². The van der Waals surface area contributed by atoms with E-state index in [2.05, 4.69) is 56.9 Å². The molecule has 1 rings (SSSR count). The smallest absolute Gasteiger partial charge is 0.138 e. The van der Waals surface area contributed by atoms with Crippen LogP contribution in [0.4, 0.5) is 0 Å². The standard InChI is InChI=1S/C16H32N4/c1-7-9-20-15(18-12-19-20)11-14(17-8-2)10-13(3)16(4,5)6/h12-14,17H,7-11H2,1-6H3. The highest BCUT2D eigenvalue weighted by molar-refractivity contribution is 4.91. The topological polar surface area (TPSA) is 42.7 Å². The van der Waals surface area contributed by atoms with Crippen LogP contribution in [0.1, 0.15) is 60.2 Å². The fourth-order valence-electron chi connectivity index (χ4n) is 2.37. The van der Waals surface area contributed by atoms with Gasteiger partial charge in [-0.25, -0.2) is 4.98 Å². The molecule has 2 unspecified atom stereocenters. The summed E-state index contributed by atoms with van der Waals surface area (Å²) in [7, 11) is 0.